The van der Waals surface area contributed by atoms with Crippen molar-refractivity contribution < 1.29 is 0 Å². The Morgan fingerprint density at radius 1 is 1.29 bits per heavy atom. The minimum atomic E-state index is 0.456. The fraction of sp³-hybridized carbons (Fsp3) is 0.625. The molecule has 1 aliphatic carbocycles. The summed E-state index contributed by atoms with van der Waals surface area (Å²) >= 11 is 1.75. The summed E-state index contributed by atoms with van der Waals surface area (Å²) in [6.07, 6.45) is 7.42. The standard InChI is InChI=1S/C16H22N4S/c1-11-17-12(10-21-11)9-20-8-4-7-15(20)16-18-13-5-2-3-6-14(13)19-16/h10,15H,2-9H2,1H3,(H,18,19)/t15-/m0/s1. The summed E-state index contributed by atoms with van der Waals surface area (Å²) in [7, 11) is 0. The Kier molecular flexibility index (Phi) is 3.55. The van der Waals surface area contributed by atoms with Crippen molar-refractivity contribution in [1.82, 2.24) is 19.9 Å². The number of aromatic amines is 1. The van der Waals surface area contributed by atoms with Crippen LogP contribution in [0.3, 0.4) is 0 Å². The van der Waals surface area contributed by atoms with Crippen molar-refractivity contribution in [3.05, 3.63) is 33.3 Å². The molecule has 1 N–H and O–H groups in total. The highest BCUT2D eigenvalue weighted by Crippen LogP contribution is 2.33. The predicted octanol–water partition coefficient (Wildman–Crippen LogP) is 3.39. The first-order valence-electron chi connectivity index (χ1n) is 8.02. The van der Waals surface area contributed by atoms with E-state index in [4.69, 9.17) is 4.98 Å². The normalized spacial score (nSPS) is 22.6. The number of hydrogen-bond acceptors (Lipinski definition) is 4. The van der Waals surface area contributed by atoms with Crippen molar-refractivity contribution in [3.8, 4) is 0 Å². The molecule has 112 valence electrons. The smallest absolute Gasteiger partial charge is 0.124 e. The van der Waals surface area contributed by atoms with Crippen LogP contribution in [0.4, 0.5) is 0 Å². The van der Waals surface area contributed by atoms with Crippen molar-refractivity contribution in [2.24, 2.45) is 0 Å². The second kappa shape index (κ2) is 5.54. The van der Waals surface area contributed by atoms with E-state index in [-0.39, 0.29) is 0 Å². The third kappa shape index (κ3) is 2.64. The van der Waals surface area contributed by atoms with Crippen LogP contribution >= 0.6 is 11.3 Å². The number of rotatable bonds is 3. The van der Waals surface area contributed by atoms with E-state index < -0.39 is 0 Å². The topological polar surface area (TPSA) is 44.8 Å². The Balaban J connectivity index is 1.54. The molecule has 2 aliphatic rings. The lowest BCUT2D eigenvalue weighted by Crippen LogP contribution is -2.23. The van der Waals surface area contributed by atoms with Gasteiger partial charge >= 0.3 is 0 Å². The first kappa shape index (κ1) is 13.5. The number of fused-ring (bicyclic) bond motifs is 1. The number of nitrogens with one attached hydrogen (secondary N) is 1. The van der Waals surface area contributed by atoms with Crippen LogP contribution in [0.1, 0.15) is 59.6 Å². The molecule has 1 atom stereocenters. The van der Waals surface area contributed by atoms with E-state index in [0.717, 1.165) is 24.5 Å². The van der Waals surface area contributed by atoms with Gasteiger partial charge in [0.05, 0.1) is 22.4 Å². The monoisotopic (exact) mass is 302 g/mol. The molecule has 2 aromatic rings. The average molecular weight is 302 g/mol. The first-order chi connectivity index (χ1) is 10.3. The van der Waals surface area contributed by atoms with Crippen LogP contribution in [0, 0.1) is 6.92 Å². The van der Waals surface area contributed by atoms with Gasteiger partial charge in [0.2, 0.25) is 0 Å². The minimum absolute atomic E-state index is 0.456. The van der Waals surface area contributed by atoms with Gasteiger partial charge in [0.25, 0.3) is 0 Å². The van der Waals surface area contributed by atoms with Gasteiger partial charge in [-0.3, -0.25) is 4.90 Å². The number of nitrogens with zero attached hydrogens (tertiary/aromatic N) is 3. The van der Waals surface area contributed by atoms with Gasteiger partial charge in [-0.1, -0.05) is 0 Å². The van der Waals surface area contributed by atoms with E-state index in [1.54, 1.807) is 11.3 Å². The summed E-state index contributed by atoms with van der Waals surface area (Å²) in [5.74, 6) is 1.20. The lowest BCUT2D eigenvalue weighted by Gasteiger charge is -2.21. The first-order valence-corrected chi connectivity index (χ1v) is 8.90. The molecule has 0 spiro atoms. The highest BCUT2D eigenvalue weighted by Gasteiger charge is 2.30. The quantitative estimate of drug-likeness (QED) is 0.945. The molecule has 0 saturated carbocycles. The summed E-state index contributed by atoms with van der Waals surface area (Å²) in [5, 5.41) is 3.35. The molecule has 1 saturated heterocycles. The summed E-state index contributed by atoms with van der Waals surface area (Å²) in [4.78, 5) is 15.7. The Hall–Kier alpha value is -1.20. The van der Waals surface area contributed by atoms with Gasteiger partial charge in [-0.15, -0.1) is 11.3 Å². The van der Waals surface area contributed by atoms with Gasteiger partial charge in [0.1, 0.15) is 5.82 Å². The third-order valence-electron chi connectivity index (χ3n) is 4.68. The van der Waals surface area contributed by atoms with E-state index in [1.165, 1.54) is 55.0 Å². The maximum absolute atomic E-state index is 4.91. The molecule has 0 radical (unpaired) electrons. The zero-order valence-electron chi connectivity index (χ0n) is 12.6. The average Bonchev–Trinajstić information content (AvgIpc) is 3.18. The van der Waals surface area contributed by atoms with Crippen molar-refractivity contribution in [1.29, 1.82) is 0 Å². The van der Waals surface area contributed by atoms with Crippen LogP contribution in [-0.4, -0.2) is 26.4 Å². The van der Waals surface area contributed by atoms with E-state index in [2.05, 4.69) is 27.2 Å². The number of imidazole rings is 1. The van der Waals surface area contributed by atoms with Gasteiger partial charge in [-0.25, -0.2) is 9.97 Å². The van der Waals surface area contributed by atoms with E-state index in [0.29, 0.717) is 6.04 Å². The van der Waals surface area contributed by atoms with Gasteiger partial charge in [0, 0.05) is 17.6 Å². The number of likely N-dealkylation sites (tertiary alicyclic amines) is 1. The highest BCUT2D eigenvalue weighted by atomic mass is 32.1. The van der Waals surface area contributed by atoms with Crippen molar-refractivity contribution in [2.45, 2.75) is 58.0 Å². The fourth-order valence-electron chi connectivity index (χ4n) is 3.65. The number of H-pyrrole nitrogens is 1. The van der Waals surface area contributed by atoms with Crippen molar-refractivity contribution in [2.75, 3.05) is 6.54 Å². The largest absolute Gasteiger partial charge is 0.344 e. The molecular formula is C16H22N4S. The molecule has 2 aromatic heterocycles. The van der Waals surface area contributed by atoms with E-state index in [1.807, 2.05) is 0 Å². The summed E-state index contributed by atoms with van der Waals surface area (Å²) in [5.41, 5.74) is 3.93. The molecule has 0 bridgehead atoms. The lowest BCUT2D eigenvalue weighted by molar-refractivity contribution is 0.238. The molecule has 0 amide bonds. The molecule has 3 heterocycles. The molecule has 1 fully saturated rings. The summed E-state index contributed by atoms with van der Waals surface area (Å²) < 4.78 is 0. The second-order valence-electron chi connectivity index (χ2n) is 6.24. The molecule has 0 unspecified atom stereocenters. The number of aryl methyl sites for hydroxylation is 3. The van der Waals surface area contributed by atoms with Crippen LogP contribution < -0.4 is 0 Å². The Bertz CT molecular complexity index is 607. The molecule has 1 aliphatic heterocycles. The maximum atomic E-state index is 4.91. The van der Waals surface area contributed by atoms with Crippen molar-refractivity contribution in [3.63, 3.8) is 0 Å². The van der Waals surface area contributed by atoms with E-state index >= 15 is 0 Å². The zero-order chi connectivity index (χ0) is 14.2. The molecule has 21 heavy (non-hydrogen) atoms. The Morgan fingerprint density at radius 3 is 3.00 bits per heavy atom. The molecule has 0 aromatic carbocycles. The van der Waals surface area contributed by atoms with Crippen LogP contribution in [0.25, 0.3) is 0 Å². The van der Waals surface area contributed by atoms with Crippen LogP contribution in [0.15, 0.2) is 5.38 Å². The maximum Gasteiger partial charge on any atom is 0.124 e. The molecular weight excluding hydrogens is 280 g/mol. The minimum Gasteiger partial charge on any atom is -0.344 e. The lowest BCUT2D eigenvalue weighted by atomic mass is 10.0. The SMILES string of the molecule is Cc1nc(CN2CCC[C@H]2c2nc3c([nH]2)CCCC3)cs1. The van der Waals surface area contributed by atoms with Gasteiger partial charge in [-0.05, 0) is 52.0 Å². The van der Waals surface area contributed by atoms with Crippen LogP contribution in [0.5, 0.6) is 0 Å². The highest BCUT2D eigenvalue weighted by molar-refractivity contribution is 7.09. The number of aromatic nitrogens is 3. The molecule has 5 heteroatoms. The zero-order valence-corrected chi connectivity index (χ0v) is 13.4. The summed E-state index contributed by atoms with van der Waals surface area (Å²) in [6, 6.07) is 0.456. The third-order valence-corrected chi connectivity index (χ3v) is 5.51. The number of hydrogen-bond donors (Lipinski definition) is 1. The fourth-order valence-corrected chi connectivity index (χ4v) is 4.25. The molecule has 4 nitrogen and oxygen atoms in total. The second-order valence-corrected chi connectivity index (χ2v) is 7.30. The Morgan fingerprint density at radius 2 is 2.19 bits per heavy atom. The summed E-state index contributed by atoms with van der Waals surface area (Å²) in [6.45, 7) is 4.20. The van der Waals surface area contributed by atoms with Gasteiger partial charge in [-0.2, -0.15) is 0 Å². The molecule has 4 rings (SSSR count). The van der Waals surface area contributed by atoms with Crippen LogP contribution in [-0.2, 0) is 19.4 Å². The Labute approximate surface area is 129 Å². The van der Waals surface area contributed by atoms with E-state index in [9.17, 15) is 0 Å². The van der Waals surface area contributed by atoms with Crippen LogP contribution in [0.2, 0.25) is 0 Å². The van der Waals surface area contributed by atoms with Gasteiger partial charge < -0.3 is 4.98 Å². The van der Waals surface area contributed by atoms with Crippen molar-refractivity contribution >= 4 is 11.3 Å². The number of thiazole rings is 1. The van der Waals surface area contributed by atoms with Gasteiger partial charge in [0.15, 0.2) is 0 Å². The predicted molar refractivity (Wildman–Crippen MR) is 84.5 cm³/mol.